The summed E-state index contributed by atoms with van der Waals surface area (Å²) in [7, 11) is 1.64. The maximum absolute atomic E-state index is 13.1. The fraction of sp³-hybridized carbons (Fsp3) is 0.417. The molecule has 2 aromatic rings. The van der Waals surface area contributed by atoms with Crippen LogP contribution in [0.5, 0.6) is 5.75 Å². The van der Waals surface area contributed by atoms with Gasteiger partial charge in [0, 0.05) is 12.2 Å². The summed E-state index contributed by atoms with van der Waals surface area (Å²) in [4.78, 5) is 27.7. The summed E-state index contributed by atoms with van der Waals surface area (Å²) in [5.41, 5.74) is 3.15. The predicted octanol–water partition coefficient (Wildman–Crippen LogP) is 3.67. The zero-order chi connectivity index (χ0) is 20.2. The summed E-state index contributed by atoms with van der Waals surface area (Å²) in [5, 5.41) is 2.93. The summed E-state index contributed by atoms with van der Waals surface area (Å²) in [5.74, 6) is 0.779. The molecular formula is C24H28N2O3. The molecule has 0 aromatic heterocycles. The van der Waals surface area contributed by atoms with Gasteiger partial charge in [-0.1, -0.05) is 43.2 Å². The van der Waals surface area contributed by atoms with Gasteiger partial charge in [0.15, 0.2) is 0 Å². The Bertz CT molecular complexity index is 872. The van der Waals surface area contributed by atoms with Crippen molar-refractivity contribution in [2.24, 2.45) is 5.92 Å². The number of nitrogens with zero attached hydrogens (tertiary/aromatic N) is 1. The lowest BCUT2D eigenvalue weighted by atomic mass is 9.84. The summed E-state index contributed by atoms with van der Waals surface area (Å²) >= 11 is 0. The molecule has 1 heterocycles. The monoisotopic (exact) mass is 392 g/mol. The van der Waals surface area contributed by atoms with E-state index in [0.717, 1.165) is 49.1 Å². The van der Waals surface area contributed by atoms with E-state index < -0.39 is 0 Å². The smallest absolute Gasteiger partial charge is 0.246 e. The third-order valence-electron chi connectivity index (χ3n) is 6.23. The second-order valence-corrected chi connectivity index (χ2v) is 7.94. The molecular weight excluding hydrogens is 364 g/mol. The van der Waals surface area contributed by atoms with E-state index >= 15 is 0 Å². The predicted molar refractivity (Wildman–Crippen MR) is 113 cm³/mol. The molecule has 1 aliphatic carbocycles. The zero-order valence-electron chi connectivity index (χ0n) is 16.9. The first-order valence-corrected chi connectivity index (χ1v) is 10.5. The molecule has 1 atom stereocenters. The van der Waals surface area contributed by atoms with E-state index in [-0.39, 0.29) is 24.3 Å². The van der Waals surface area contributed by atoms with Gasteiger partial charge in [-0.25, -0.2) is 0 Å². The second kappa shape index (κ2) is 8.68. The third-order valence-corrected chi connectivity index (χ3v) is 6.23. The first-order chi connectivity index (χ1) is 14.2. The summed E-state index contributed by atoms with van der Waals surface area (Å²) in [6.45, 7) is 0.713. The van der Waals surface area contributed by atoms with Crippen molar-refractivity contribution in [3.63, 3.8) is 0 Å². The van der Waals surface area contributed by atoms with E-state index in [0.29, 0.717) is 12.5 Å². The second-order valence-electron chi connectivity index (χ2n) is 7.94. The quantitative estimate of drug-likeness (QED) is 0.816. The normalized spacial score (nSPS) is 17.1. The summed E-state index contributed by atoms with van der Waals surface area (Å²) in [6, 6.07) is 15.7. The molecule has 2 aliphatic rings. The van der Waals surface area contributed by atoms with Crippen LogP contribution in [0.25, 0.3) is 0 Å². The largest absolute Gasteiger partial charge is 0.497 e. The minimum atomic E-state index is -0.220. The highest BCUT2D eigenvalue weighted by Gasteiger charge is 2.33. The number of nitrogens with one attached hydrogen (secondary N) is 1. The van der Waals surface area contributed by atoms with Gasteiger partial charge in [-0.3, -0.25) is 9.59 Å². The molecule has 1 aliphatic heterocycles. The van der Waals surface area contributed by atoms with Gasteiger partial charge in [0.05, 0.1) is 19.6 Å². The van der Waals surface area contributed by atoms with Crippen molar-refractivity contribution in [2.75, 3.05) is 25.1 Å². The van der Waals surface area contributed by atoms with Gasteiger partial charge in [0.25, 0.3) is 0 Å². The maximum atomic E-state index is 13.1. The average Bonchev–Trinajstić information content (AvgIpc) is 3.43. The number of benzene rings is 2. The lowest BCUT2D eigenvalue weighted by molar-refractivity contribution is -0.126. The molecule has 0 radical (unpaired) electrons. The molecule has 1 saturated carbocycles. The molecule has 1 unspecified atom stereocenters. The lowest BCUT2D eigenvalue weighted by Gasteiger charge is -2.24. The van der Waals surface area contributed by atoms with Crippen LogP contribution in [0.1, 0.15) is 42.7 Å². The molecule has 4 rings (SSSR count). The first-order valence-electron chi connectivity index (χ1n) is 10.5. The van der Waals surface area contributed by atoms with Crippen molar-refractivity contribution in [1.29, 1.82) is 0 Å². The van der Waals surface area contributed by atoms with Crippen LogP contribution in [0.2, 0.25) is 0 Å². The Labute approximate surface area is 172 Å². The number of ether oxygens (including phenoxy) is 1. The Morgan fingerprint density at radius 1 is 1.10 bits per heavy atom. The first kappa shape index (κ1) is 19.5. The minimum Gasteiger partial charge on any atom is -0.497 e. The molecule has 29 heavy (non-hydrogen) atoms. The van der Waals surface area contributed by atoms with Gasteiger partial charge in [0.2, 0.25) is 11.8 Å². The average molecular weight is 392 g/mol. The Morgan fingerprint density at radius 3 is 2.55 bits per heavy atom. The molecule has 5 nitrogen and oxygen atoms in total. The van der Waals surface area contributed by atoms with Crippen LogP contribution in [0.3, 0.4) is 0 Å². The number of rotatable bonds is 6. The number of methoxy groups -OCH3 is 1. The van der Waals surface area contributed by atoms with Crippen LogP contribution in [0, 0.1) is 5.92 Å². The molecule has 1 N–H and O–H groups in total. The van der Waals surface area contributed by atoms with Crippen LogP contribution < -0.4 is 15.0 Å². The maximum Gasteiger partial charge on any atom is 0.246 e. The van der Waals surface area contributed by atoms with Gasteiger partial charge in [-0.15, -0.1) is 0 Å². The lowest BCUT2D eigenvalue weighted by Crippen LogP contribution is -2.42. The van der Waals surface area contributed by atoms with E-state index in [1.165, 1.54) is 5.56 Å². The standard InChI is InChI=1S/C24H28N2O3/c1-29-20-12-10-19(11-13-20)23(18-7-2-3-8-18)24(28)25-16-22(27)26-15-14-17-6-4-5-9-21(17)26/h4-6,9-13,18,23H,2-3,7-8,14-16H2,1H3,(H,25,28). The van der Waals surface area contributed by atoms with Crippen molar-refractivity contribution in [3.8, 4) is 5.75 Å². The fourth-order valence-electron chi connectivity index (χ4n) is 4.71. The Morgan fingerprint density at radius 2 is 1.83 bits per heavy atom. The summed E-state index contributed by atoms with van der Waals surface area (Å²) in [6.07, 6.45) is 5.30. The van der Waals surface area contributed by atoms with Gasteiger partial charge in [0.1, 0.15) is 5.75 Å². The van der Waals surface area contributed by atoms with Crippen LogP contribution in [-0.4, -0.2) is 32.0 Å². The number of fused-ring (bicyclic) bond motifs is 1. The van der Waals surface area contributed by atoms with Gasteiger partial charge in [-0.05, 0) is 54.5 Å². The molecule has 2 amide bonds. The zero-order valence-corrected chi connectivity index (χ0v) is 16.9. The van der Waals surface area contributed by atoms with E-state index in [2.05, 4.69) is 11.4 Å². The van der Waals surface area contributed by atoms with E-state index in [1.54, 1.807) is 12.0 Å². The molecule has 2 aromatic carbocycles. The van der Waals surface area contributed by atoms with Crippen LogP contribution in [0.15, 0.2) is 48.5 Å². The van der Waals surface area contributed by atoms with Crippen molar-refractivity contribution in [2.45, 2.75) is 38.0 Å². The number of amides is 2. The van der Waals surface area contributed by atoms with Gasteiger partial charge in [-0.2, -0.15) is 0 Å². The number of anilines is 1. The molecule has 1 fully saturated rings. The van der Waals surface area contributed by atoms with Crippen molar-refractivity contribution in [3.05, 3.63) is 59.7 Å². The Kier molecular flexibility index (Phi) is 5.84. The molecule has 152 valence electrons. The molecule has 0 spiro atoms. The Hall–Kier alpha value is -2.82. The van der Waals surface area contributed by atoms with Crippen LogP contribution in [0.4, 0.5) is 5.69 Å². The third kappa shape index (κ3) is 4.14. The highest BCUT2D eigenvalue weighted by molar-refractivity contribution is 5.99. The van der Waals surface area contributed by atoms with Crippen molar-refractivity contribution < 1.29 is 14.3 Å². The number of hydrogen-bond acceptors (Lipinski definition) is 3. The SMILES string of the molecule is COc1ccc(C(C(=O)NCC(=O)N2CCc3ccccc32)C2CCCC2)cc1. The van der Waals surface area contributed by atoms with E-state index in [9.17, 15) is 9.59 Å². The van der Waals surface area contributed by atoms with Gasteiger partial charge >= 0.3 is 0 Å². The fourth-order valence-corrected chi connectivity index (χ4v) is 4.71. The molecule has 0 bridgehead atoms. The Balaban J connectivity index is 1.44. The van der Waals surface area contributed by atoms with Crippen LogP contribution in [-0.2, 0) is 16.0 Å². The highest BCUT2D eigenvalue weighted by atomic mass is 16.5. The minimum absolute atomic E-state index is 0.0343. The number of carbonyl (C=O) groups is 2. The topological polar surface area (TPSA) is 58.6 Å². The molecule has 0 saturated heterocycles. The van der Waals surface area contributed by atoms with Gasteiger partial charge < -0.3 is 15.0 Å². The number of para-hydroxylation sites is 1. The summed E-state index contributed by atoms with van der Waals surface area (Å²) < 4.78 is 5.25. The number of carbonyl (C=O) groups excluding carboxylic acids is 2. The van der Waals surface area contributed by atoms with Crippen molar-refractivity contribution >= 4 is 17.5 Å². The van der Waals surface area contributed by atoms with Crippen molar-refractivity contribution in [1.82, 2.24) is 5.32 Å². The molecule has 5 heteroatoms. The van der Waals surface area contributed by atoms with Crippen LogP contribution >= 0.6 is 0 Å². The number of hydrogen-bond donors (Lipinski definition) is 1. The highest BCUT2D eigenvalue weighted by Crippen LogP contribution is 2.38. The van der Waals surface area contributed by atoms with E-state index in [4.69, 9.17) is 4.74 Å². The van der Waals surface area contributed by atoms with E-state index in [1.807, 2.05) is 42.5 Å².